The second kappa shape index (κ2) is 7.24. The zero-order valence-electron chi connectivity index (χ0n) is 8.63. The number of hydrogen-bond acceptors (Lipinski definition) is 2. The van der Waals surface area contributed by atoms with E-state index in [1.165, 1.54) is 12.3 Å². The molecule has 0 radical (unpaired) electrons. The Morgan fingerprint density at radius 1 is 1.36 bits per heavy atom. The third-order valence-corrected chi connectivity index (χ3v) is 1.39. The summed E-state index contributed by atoms with van der Waals surface area (Å²) in [7, 11) is 0. The summed E-state index contributed by atoms with van der Waals surface area (Å²) < 4.78 is 27.4. The molecule has 0 aliphatic carbocycles. The number of nitrogens with zero attached hydrogens (tertiary/aromatic N) is 1. The molecule has 0 aliphatic rings. The fourth-order valence-corrected chi connectivity index (χ4v) is 0.793. The first kappa shape index (κ1) is 12.8. The van der Waals surface area contributed by atoms with Crippen LogP contribution in [0.25, 0.3) is 0 Å². The molecule has 0 fully saturated rings. The zero-order valence-corrected chi connectivity index (χ0v) is 8.63. The van der Waals surface area contributed by atoms with Crippen LogP contribution >= 0.6 is 0 Å². The van der Waals surface area contributed by atoms with Gasteiger partial charge in [-0.05, 0) is 18.6 Å². The van der Waals surface area contributed by atoms with Crippen molar-refractivity contribution in [1.82, 2.24) is 4.98 Å². The van der Waals surface area contributed by atoms with E-state index in [1.54, 1.807) is 6.07 Å². The Morgan fingerprint density at radius 3 is 2.36 bits per heavy atom. The van der Waals surface area contributed by atoms with E-state index in [9.17, 15) is 8.78 Å². The molecule has 0 amide bonds. The molecular formula is C10H15F2NO. The molecule has 14 heavy (non-hydrogen) atoms. The van der Waals surface area contributed by atoms with Crippen molar-refractivity contribution in [2.45, 2.75) is 33.8 Å². The molecule has 1 rings (SSSR count). The highest BCUT2D eigenvalue weighted by Crippen LogP contribution is 2.12. The van der Waals surface area contributed by atoms with Gasteiger partial charge in [0.05, 0.1) is 6.20 Å². The molecular weight excluding hydrogens is 188 g/mol. The molecule has 0 bridgehead atoms. The van der Waals surface area contributed by atoms with Crippen molar-refractivity contribution in [2.24, 2.45) is 0 Å². The van der Waals surface area contributed by atoms with Crippen LogP contribution in [0, 0.1) is 0 Å². The minimum atomic E-state index is -2.78. The first-order valence-corrected chi connectivity index (χ1v) is 4.62. The topological polar surface area (TPSA) is 22.1 Å². The van der Waals surface area contributed by atoms with E-state index >= 15 is 0 Å². The largest absolute Gasteiger partial charge is 0.433 e. The lowest BCUT2D eigenvalue weighted by molar-refractivity contribution is -0.0500. The number of aryl methyl sites for hydroxylation is 1. The lowest BCUT2D eigenvalue weighted by Gasteiger charge is -2.03. The highest BCUT2D eigenvalue weighted by Gasteiger charge is 2.03. The van der Waals surface area contributed by atoms with Gasteiger partial charge in [-0.1, -0.05) is 20.8 Å². The van der Waals surface area contributed by atoms with Crippen LogP contribution in [0.4, 0.5) is 8.78 Å². The molecule has 0 unspecified atom stereocenters. The monoisotopic (exact) mass is 203 g/mol. The van der Waals surface area contributed by atoms with Gasteiger partial charge in [-0.15, -0.1) is 0 Å². The third kappa shape index (κ3) is 4.74. The number of alkyl halides is 2. The number of rotatable bonds is 3. The fraction of sp³-hybridized carbons (Fsp3) is 0.500. The smallest absolute Gasteiger partial charge is 0.387 e. The second-order valence-corrected chi connectivity index (χ2v) is 2.22. The fourth-order valence-electron chi connectivity index (χ4n) is 0.793. The summed E-state index contributed by atoms with van der Waals surface area (Å²) >= 11 is 0. The molecule has 0 N–H and O–H groups in total. The van der Waals surface area contributed by atoms with Crippen LogP contribution in [-0.4, -0.2) is 11.6 Å². The lowest BCUT2D eigenvalue weighted by Crippen LogP contribution is -2.02. The summed E-state index contributed by atoms with van der Waals surface area (Å²) in [5, 5.41) is 0. The molecule has 0 spiro atoms. The van der Waals surface area contributed by atoms with Crippen LogP contribution in [0.3, 0.4) is 0 Å². The van der Waals surface area contributed by atoms with Gasteiger partial charge in [0.2, 0.25) is 0 Å². The van der Waals surface area contributed by atoms with E-state index in [0.29, 0.717) is 0 Å². The van der Waals surface area contributed by atoms with Gasteiger partial charge in [0.1, 0.15) is 5.75 Å². The first-order valence-electron chi connectivity index (χ1n) is 4.62. The Labute approximate surface area is 82.9 Å². The van der Waals surface area contributed by atoms with Crippen molar-refractivity contribution in [2.75, 3.05) is 0 Å². The van der Waals surface area contributed by atoms with Crippen LogP contribution in [0.5, 0.6) is 5.75 Å². The Hall–Kier alpha value is -1.19. The number of aromatic nitrogens is 1. The van der Waals surface area contributed by atoms with Gasteiger partial charge in [0, 0.05) is 5.69 Å². The van der Waals surface area contributed by atoms with Crippen molar-refractivity contribution in [3.8, 4) is 5.75 Å². The van der Waals surface area contributed by atoms with Crippen molar-refractivity contribution in [3.05, 3.63) is 24.0 Å². The molecule has 4 heteroatoms. The molecule has 0 aliphatic heterocycles. The molecule has 2 nitrogen and oxygen atoms in total. The van der Waals surface area contributed by atoms with Gasteiger partial charge in [0.15, 0.2) is 0 Å². The lowest BCUT2D eigenvalue weighted by atomic mass is 10.3. The van der Waals surface area contributed by atoms with Gasteiger partial charge >= 0.3 is 6.61 Å². The van der Waals surface area contributed by atoms with E-state index in [-0.39, 0.29) is 5.75 Å². The predicted octanol–water partition coefficient (Wildman–Crippen LogP) is 3.27. The maximum atomic E-state index is 11.7. The number of ether oxygens (including phenoxy) is 1. The van der Waals surface area contributed by atoms with Crippen molar-refractivity contribution >= 4 is 0 Å². The minimum absolute atomic E-state index is 0.0993. The Balaban J connectivity index is 0.000000791. The quantitative estimate of drug-likeness (QED) is 0.752. The van der Waals surface area contributed by atoms with Crippen LogP contribution in [0.15, 0.2) is 18.3 Å². The van der Waals surface area contributed by atoms with Crippen LogP contribution in [-0.2, 0) is 6.42 Å². The van der Waals surface area contributed by atoms with E-state index < -0.39 is 6.61 Å². The Bertz CT molecular complexity index is 236. The van der Waals surface area contributed by atoms with E-state index in [2.05, 4.69) is 9.72 Å². The van der Waals surface area contributed by atoms with Gasteiger partial charge < -0.3 is 4.74 Å². The SMILES string of the molecule is CC.CCc1ccc(OC(F)F)cn1. The van der Waals surface area contributed by atoms with Crippen LogP contribution < -0.4 is 4.74 Å². The minimum Gasteiger partial charge on any atom is -0.433 e. The van der Waals surface area contributed by atoms with E-state index in [1.807, 2.05) is 20.8 Å². The summed E-state index contributed by atoms with van der Waals surface area (Å²) in [4.78, 5) is 3.89. The van der Waals surface area contributed by atoms with Gasteiger partial charge in [0.25, 0.3) is 0 Å². The summed E-state index contributed by atoms with van der Waals surface area (Å²) in [5.74, 6) is 0.0993. The molecule has 80 valence electrons. The van der Waals surface area contributed by atoms with Crippen molar-refractivity contribution < 1.29 is 13.5 Å². The van der Waals surface area contributed by atoms with Crippen LogP contribution in [0.1, 0.15) is 26.5 Å². The summed E-state index contributed by atoms with van der Waals surface area (Å²) in [6.07, 6.45) is 2.08. The first-order chi connectivity index (χ1) is 6.72. The molecule has 0 saturated carbocycles. The molecule has 0 atom stereocenters. The normalized spacial score (nSPS) is 9.29. The molecule has 1 aromatic heterocycles. The molecule has 0 saturated heterocycles. The summed E-state index contributed by atoms with van der Waals surface area (Å²) in [6.45, 7) is 3.16. The number of pyridine rings is 1. The average molecular weight is 203 g/mol. The number of hydrogen-bond donors (Lipinski definition) is 0. The maximum Gasteiger partial charge on any atom is 0.387 e. The Kier molecular flexibility index (Phi) is 6.62. The zero-order chi connectivity index (χ0) is 11.0. The number of halogens is 2. The van der Waals surface area contributed by atoms with Gasteiger partial charge in [-0.2, -0.15) is 8.78 Å². The predicted molar refractivity (Wildman–Crippen MR) is 51.6 cm³/mol. The third-order valence-electron chi connectivity index (χ3n) is 1.39. The van der Waals surface area contributed by atoms with E-state index in [0.717, 1.165) is 12.1 Å². The highest BCUT2D eigenvalue weighted by molar-refractivity contribution is 5.19. The molecule has 0 aromatic carbocycles. The summed E-state index contributed by atoms with van der Waals surface area (Å²) in [6, 6.07) is 3.15. The van der Waals surface area contributed by atoms with Gasteiger partial charge in [-0.25, -0.2) is 0 Å². The average Bonchev–Trinajstić information content (AvgIpc) is 2.21. The standard InChI is InChI=1S/C8H9F2NO.C2H6/c1-2-6-3-4-7(5-11-6)12-8(9)10;1-2/h3-5,8H,2H2,1H3;1-2H3. The summed E-state index contributed by atoms with van der Waals surface area (Å²) in [5.41, 5.74) is 0.858. The highest BCUT2D eigenvalue weighted by atomic mass is 19.3. The second-order valence-electron chi connectivity index (χ2n) is 2.22. The van der Waals surface area contributed by atoms with Crippen LogP contribution in [0.2, 0.25) is 0 Å². The van der Waals surface area contributed by atoms with Crippen molar-refractivity contribution in [3.63, 3.8) is 0 Å². The molecule has 1 aromatic rings. The van der Waals surface area contributed by atoms with E-state index in [4.69, 9.17) is 0 Å². The van der Waals surface area contributed by atoms with Gasteiger partial charge in [-0.3, -0.25) is 4.98 Å². The molecule has 1 heterocycles. The maximum absolute atomic E-state index is 11.7. The Morgan fingerprint density at radius 2 is 2.00 bits per heavy atom. The van der Waals surface area contributed by atoms with Crippen molar-refractivity contribution in [1.29, 1.82) is 0 Å².